The van der Waals surface area contributed by atoms with E-state index in [1.165, 1.54) is 41.3 Å². The predicted molar refractivity (Wildman–Crippen MR) is 134 cm³/mol. The lowest BCUT2D eigenvalue weighted by Gasteiger charge is -2.23. The molecule has 0 saturated carbocycles. The van der Waals surface area contributed by atoms with Crippen LogP contribution >= 0.6 is 11.6 Å². The summed E-state index contributed by atoms with van der Waals surface area (Å²) in [5.74, 6) is -1.85. The third-order valence-electron chi connectivity index (χ3n) is 6.92. The van der Waals surface area contributed by atoms with E-state index in [-0.39, 0.29) is 28.8 Å². The smallest absolute Gasteiger partial charge is 0.324 e. The molecule has 2 atom stereocenters. The molecule has 1 N–H and O–H groups in total. The predicted octanol–water partition coefficient (Wildman–Crippen LogP) is 5.28. The van der Waals surface area contributed by atoms with Crippen LogP contribution in [0.25, 0.3) is 17.2 Å². The van der Waals surface area contributed by atoms with Crippen LogP contribution in [0.4, 0.5) is 27.6 Å². The number of nitrogens with zero attached hydrogens (tertiary/aromatic N) is 8. The van der Waals surface area contributed by atoms with Crippen molar-refractivity contribution in [2.24, 2.45) is 0 Å². The highest BCUT2D eigenvalue weighted by atomic mass is 35.5. The number of rotatable bonds is 5. The average Bonchev–Trinajstić information content (AvgIpc) is 3.64. The van der Waals surface area contributed by atoms with Crippen LogP contribution in [0.3, 0.4) is 0 Å². The zero-order valence-corrected chi connectivity index (χ0v) is 21.6. The number of amides is 1. The fourth-order valence-electron chi connectivity index (χ4n) is 5.12. The lowest BCUT2D eigenvalue weighted by Crippen LogP contribution is -2.26. The zero-order valence-electron chi connectivity index (χ0n) is 20.8. The Kier molecular flexibility index (Phi) is 6.21. The second-order valence-corrected chi connectivity index (χ2v) is 9.91. The van der Waals surface area contributed by atoms with Crippen molar-refractivity contribution in [3.63, 3.8) is 0 Å². The van der Waals surface area contributed by atoms with E-state index in [9.17, 15) is 26.7 Å². The third-order valence-corrected chi connectivity index (χ3v) is 7.11. The maximum Gasteiger partial charge on any atom is 0.418 e. The first-order chi connectivity index (χ1) is 19.5. The number of nitrogens with one attached hydrogen (secondary N) is 1. The van der Waals surface area contributed by atoms with Crippen LogP contribution in [0.2, 0.25) is 5.15 Å². The molecule has 0 radical (unpaired) electrons. The molecule has 0 saturated heterocycles. The number of pyridine rings is 1. The molecule has 1 aliphatic carbocycles. The number of hydrogen-bond acceptors (Lipinski definition) is 7. The Labute approximate surface area is 232 Å². The van der Waals surface area contributed by atoms with E-state index in [1.54, 1.807) is 6.92 Å². The largest absolute Gasteiger partial charge is 0.418 e. The molecule has 5 aromatic heterocycles. The van der Waals surface area contributed by atoms with Crippen molar-refractivity contribution in [3.8, 4) is 11.5 Å². The standard InChI is InChI=1S/C25H17ClF5N9O/c1-24(16-3-6-39(37-16)23(27)28)9-13(14-11-34-18-8-17(26)38-40(18)20(14)24)22(41)36-12-7-15(25(29,30)31)19(35-10-12)21-32-4-2-5-33-21/h2-8,10-11,13,23H,9H2,1H3,(H,36,41)/t13-,24+/m1/s1. The van der Waals surface area contributed by atoms with Crippen LogP contribution in [0, 0.1) is 0 Å². The number of halogens is 6. The van der Waals surface area contributed by atoms with Crippen molar-refractivity contribution in [2.45, 2.75) is 37.4 Å². The summed E-state index contributed by atoms with van der Waals surface area (Å²) < 4.78 is 70.4. The Morgan fingerprint density at radius 1 is 1.12 bits per heavy atom. The van der Waals surface area contributed by atoms with Gasteiger partial charge < -0.3 is 5.32 Å². The topological polar surface area (TPSA) is 116 Å². The van der Waals surface area contributed by atoms with E-state index in [0.717, 1.165) is 18.5 Å². The quantitative estimate of drug-likeness (QED) is 0.277. The molecule has 10 nitrogen and oxygen atoms in total. The third kappa shape index (κ3) is 4.55. The number of fused-ring (bicyclic) bond motifs is 3. The molecular formula is C25H17ClF5N9O. The lowest BCUT2D eigenvalue weighted by atomic mass is 9.82. The van der Waals surface area contributed by atoms with E-state index in [4.69, 9.17) is 11.6 Å². The summed E-state index contributed by atoms with van der Waals surface area (Å²) in [6, 6.07) is 5.12. The minimum atomic E-state index is -4.82. The first-order valence-corrected chi connectivity index (χ1v) is 12.4. The molecule has 0 fully saturated rings. The molecule has 5 aromatic rings. The van der Waals surface area contributed by atoms with Gasteiger partial charge in [0, 0.05) is 36.4 Å². The minimum absolute atomic E-state index is 0.0299. The monoisotopic (exact) mass is 589 g/mol. The Morgan fingerprint density at radius 2 is 1.88 bits per heavy atom. The van der Waals surface area contributed by atoms with Crippen LogP contribution in [0.15, 0.2) is 55.2 Å². The summed E-state index contributed by atoms with van der Waals surface area (Å²) in [5, 5.41) is 10.9. The molecule has 0 aromatic carbocycles. The molecule has 1 amide bonds. The van der Waals surface area contributed by atoms with Gasteiger partial charge in [0.15, 0.2) is 16.6 Å². The summed E-state index contributed by atoms with van der Waals surface area (Å²) in [4.78, 5) is 29.5. The van der Waals surface area contributed by atoms with E-state index < -0.39 is 41.2 Å². The number of hydrogen-bond donors (Lipinski definition) is 1. The van der Waals surface area contributed by atoms with Gasteiger partial charge in [0.25, 0.3) is 0 Å². The van der Waals surface area contributed by atoms with Gasteiger partial charge in [-0.1, -0.05) is 11.6 Å². The van der Waals surface area contributed by atoms with Gasteiger partial charge >= 0.3 is 12.7 Å². The molecule has 16 heteroatoms. The molecule has 0 spiro atoms. The molecule has 41 heavy (non-hydrogen) atoms. The molecule has 0 unspecified atom stereocenters. The molecule has 0 bridgehead atoms. The van der Waals surface area contributed by atoms with Gasteiger partial charge in [-0.2, -0.15) is 32.1 Å². The fourth-order valence-corrected chi connectivity index (χ4v) is 5.29. The van der Waals surface area contributed by atoms with Gasteiger partial charge in [-0.25, -0.2) is 24.1 Å². The molecule has 1 aliphatic rings. The second-order valence-electron chi connectivity index (χ2n) is 9.53. The summed E-state index contributed by atoms with van der Waals surface area (Å²) in [7, 11) is 0. The van der Waals surface area contributed by atoms with Crippen molar-refractivity contribution in [3.05, 3.63) is 82.9 Å². The zero-order chi connectivity index (χ0) is 29.1. The molecule has 0 aliphatic heterocycles. The van der Waals surface area contributed by atoms with E-state index in [2.05, 4.69) is 35.5 Å². The molecular weight excluding hydrogens is 573 g/mol. The van der Waals surface area contributed by atoms with Gasteiger partial charge in [0.1, 0.15) is 5.69 Å². The minimum Gasteiger partial charge on any atom is -0.324 e. The van der Waals surface area contributed by atoms with Crippen molar-refractivity contribution >= 4 is 28.8 Å². The van der Waals surface area contributed by atoms with Crippen LogP contribution in [0.1, 0.15) is 48.3 Å². The highest BCUT2D eigenvalue weighted by molar-refractivity contribution is 6.29. The van der Waals surface area contributed by atoms with Crippen LogP contribution in [-0.4, -0.2) is 45.2 Å². The van der Waals surface area contributed by atoms with E-state index in [0.29, 0.717) is 21.6 Å². The fraction of sp³-hybridized carbons (Fsp3) is 0.240. The van der Waals surface area contributed by atoms with Crippen LogP contribution in [0.5, 0.6) is 0 Å². The van der Waals surface area contributed by atoms with Crippen LogP contribution < -0.4 is 5.32 Å². The van der Waals surface area contributed by atoms with Gasteiger partial charge in [-0.3, -0.25) is 9.78 Å². The van der Waals surface area contributed by atoms with E-state index in [1.807, 2.05) is 0 Å². The highest BCUT2D eigenvalue weighted by Crippen LogP contribution is 2.50. The van der Waals surface area contributed by atoms with Gasteiger partial charge in [-0.15, -0.1) is 0 Å². The van der Waals surface area contributed by atoms with Crippen molar-refractivity contribution < 1.29 is 26.7 Å². The van der Waals surface area contributed by atoms with E-state index >= 15 is 0 Å². The molecule has 210 valence electrons. The Hall–Kier alpha value is -4.53. The van der Waals surface area contributed by atoms with Gasteiger partial charge in [-0.05, 0) is 31.5 Å². The maximum atomic E-state index is 13.9. The summed E-state index contributed by atoms with van der Waals surface area (Å²) >= 11 is 6.11. The first-order valence-electron chi connectivity index (χ1n) is 12.0. The summed E-state index contributed by atoms with van der Waals surface area (Å²) in [6.45, 7) is -1.17. The molecule has 5 heterocycles. The highest BCUT2D eigenvalue weighted by Gasteiger charge is 2.48. The first kappa shape index (κ1) is 26.7. The normalized spacial score (nSPS) is 18.7. The van der Waals surface area contributed by atoms with Crippen molar-refractivity contribution in [1.29, 1.82) is 0 Å². The SMILES string of the molecule is C[C@@]1(c2ccn(C(F)F)n2)C[C@@H](C(=O)Nc2cnc(-c3ncccn3)c(C(F)(F)F)c2)c2cnc3cc(Cl)nn3c21. The van der Waals surface area contributed by atoms with Gasteiger partial charge in [0.05, 0.1) is 40.2 Å². The number of carbonyl (C=O) groups is 1. The number of alkyl halides is 5. The second kappa shape index (κ2) is 9.54. The average molecular weight is 590 g/mol. The number of carbonyl (C=O) groups excluding carboxylic acids is 1. The van der Waals surface area contributed by atoms with Crippen molar-refractivity contribution in [1.82, 2.24) is 39.3 Å². The van der Waals surface area contributed by atoms with Gasteiger partial charge in [0.2, 0.25) is 5.91 Å². The molecule has 6 rings (SSSR count). The Bertz CT molecular complexity index is 1790. The van der Waals surface area contributed by atoms with Crippen molar-refractivity contribution in [2.75, 3.05) is 5.32 Å². The Balaban J connectivity index is 1.40. The lowest BCUT2D eigenvalue weighted by molar-refractivity contribution is -0.137. The maximum absolute atomic E-state index is 13.9. The Morgan fingerprint density at radius 3 is 2.56 bits per heavy atom. The number of aromatic nitrogens is 8. The summed E-state index contributed by atoms with van der Waals surface area (Å²) in [5.41, 5.74) is -1.53. The summed E-state index contributed by atoms with van der Waals surface area (Å²) in [6.07, 6.45) is 1.42. The van der Waals surface area contributed by atoms with Crippen LogP contribution in [-0.2, 0) is 16.4 Å². The number of anilines is 1.